The van der Waals surface area contributed by atoms with Crippen molar-refractivity contribution < 1.29 is 18.1 Å². The summed E-state index contributed by atoms with van der Waals surface area (Å²) < 4.78 is 28.1. The van der Waals surface area contributed by atoms with Gasteiger partial charge >= 0.3 is 0 Å². The molecule has 0 saturated carbocycles. The summed E-state index contributed by atoms with van der Waals surface area (Å²) in [5, 5.41) is 14.1. The van der Waals surface area contributed by atoms with Crippen LogP contribution in [0.25, 0.3) is 0 Å². The monoisotopic (exact) mass is 459 g/mol. The molecule has 0 unspecified atom stereocenters. The number of nitrogens with zero attached hydrogens (tertiary/aromatic N) is 1. The number of carbonyl (C=O) groups excluding carboxylic acids is 1. The van der Waals surface area contributed by atoms with Gasteiger partial charge in [0.15, 0.2) is 0 Å². The topological polar surface area (TPSA) is 118 Å². The first-order valence-electron chi connectivity index (χ1n) is 9.07. The summed E-state index contributed by atoms with van der Waals surface area (Å²) in [6, 6.07) is 16.7. The van der Waals surface area contributed by atoms with Crippen molar-refractivity contribution in [3.05, 3.63) is 93.0 Å². The van der Waals surface area contributed by atoms with Crippen molar-refractivity contribution >= 4 is 44.6 Å². The first-order valence-corrected chi connectivity index (χ1v) is 10.9. The molecular formula is C21H18ClN3O5S. The Labute approximate surface area is 184 Å². The van der Waals surface area contributed by atoms with Crippen molar-refractivity contribution in [1.29, 1.82) is 0 Å². The van der Waals surface area contributed by atoms with E-state index in [1.807, 2.05) is 0 Å². The lowest BCUT2D eigenvalue weighted by atomic mass is 10.1. The smallest absolute Gasteiger partial charge is 0.273 e. The largest absolute Gasteiger partial charge is 0.326 e. The standard InChI is InChI=1S/C21H18ClN3O5S/c1-14-9-10-17(23-21(26)11-15-5-2-3-8-19(15)25(27)28)13-20(14)31(29,30)24-18-7-4-6-16(22)12-18/h2-10,12-13,24H,11H2,1H3,(H,23,26). The molecule has 0 aliphatic rings. The molecule has 10 heteroatoms. The second-order valence-electron chi connectivity index (χ2n) is 6.71. The van der Waals surface area contributed by atoms with E-state index in [0.29, 0.717) is 16.3 Å². The third-order valence-electron chi connectivity index (χ3n) is 4.38. The normalized spacial score (nSPS) is 11.0. The molecule has 1 amide bonds. The molecule has 0 fully saturated rings. The number of carbonyl (C=O) groups is 1. The third kappa shape index (κ3) is 5.59. The number of amides is 1. The van der Waals surface area contributed by atoms with Gasteiger partial charge in [0.25, 0.3) is 15.7 Å². The van der Waals surface area contributed by atoms with Crippen molar-refractivity contribution in [3.63, 3.8) is 0 Å². The molecule has 0 atom stereocenters. The van der Waals surface area contributed by atoms with Crippen LogP contribution in [0.2, 0.25) is 5.02 Å². The molecule has 0 aliphatic heterocycles. The predicted octanol–water partition coefficient (Wildman–Crippen LogP) is 4.54. The van der Waals surface area contributed by atoms with Gasteiger partial charge in [-0.25, -0.2) is 8.42 Å². The molecule has 2 N–H and O–H groups in total. The number of hydrogen-bond acceptors (Lipinski definition) is 5. The highest BCUT2D eigenvalue weighted by Gasteiger charge is 2.19. The molecule has 0 heterocycles. The number of anilines is 2. The van der Waals surface area contributed by atoms with E-state index in [0.717, 1.165) is 0 Å². The molecule has 160 valence electrons. The number of nitro groups is 1. The molecular weight excluding hydrogens is 442 g/mol. The van der Waals surface area contributed by atoms with Gasteiger partial charge in [0, 0.05) is 22.3 Å². The molecule has 8 nitrogen and oxygen atoms in total. The molecule has 3 aromatic carbocycles. The van der Waals surface area contributed by atoms with Crippen molar-refractivity contribution in [2.24, 2.45) is 0 Å². The number of para-hydroxylation sites is 1. The van der Waals surface area contributed by atoms with Crippen molar-refractivity contribution in [2.75, 3.05) is 10.0 Å². The average molecular weight is 460 g/mol. The number of halogens is 1. The zero-order valence-corrected chi connectivity index (χ0v) is 17.9. The van der Waals surface area contributed by atoms with Crippen LogP contribution in [0.4, 0.5) is 17.1 Å². The van der Waals surface area contributed by atoms with Gasteiger partial charge in [-0.05, 0) is 42.8 Å². The quantitative estimate of drug-likeness (QED) is 0.397. The van der Waals surface area contributed by atoms with Gasteiger partial charge in [-0.15, -0.1) is 0 Å². The minimum Gasteiger partial charge on any atom is -0.326 e. The molecule has 0 saturated heterocycles. The van der Waals surface area contributed by atoms with Gasteiger partial charge in [-0.2, -0.15) is 0 Å². The second-order valence-corrected chi connectivity index (χ2v) is 8.79. The Hall–Kier alpha value is -3.43. The highest BCUT2D eigenvalue weighted by molar-refractivity contribution is 7.92. The van der Waals surface area contributed by atoms with Gasteiger partial charge in [-0.3, -0.25) is 19.6 Å². The van der Waals surface area contributed by atoms with Crippen LogP contribution in [-0.4, -0.2) is 19.2 Å². The first kappa shape index (κ1) is 22.3. The Morgan fingerprint density at radius 1 is 1.03 bits per heavy atom. The summed E-state index contributed by atoms with van der Waals surface area (Å²) in [6.45, 7) is 1.63. The SMILES string of the molecule is Cc1ccc(NC(=O)Cc2ccccc2[N+](=O)[O-])cc1S(=O)(=O)Nc1cccc(Cl)c1. The van der Waals surface area contributed by atoms with Gasteiger partial charge in [0.05, 0.1) is 21.9 Å². The van der Waals surface area contributed by atoms with Crippen molar-refractivity contribution in [2.45, 2.75) is 18.2 Å². The zero-order valence-electron chi connectivity index (χ0n) is 16.3. The number of hydrogen-bond donors (Lipinski definition) is 2. The lowest BCUT2D eigenvalue weighted by molar-refractivity contribution is -0.385. The van der Waals surface area contributed by atoms with E-state index in [1.165, 1.54) is 30.3 Å². The van der Waals surface area contributed by atoms with Crippen LogP contribution in [0.1, 0.15) is 11.1 Å². The zero-order chi connectivity index (χ0) is 22.6. The summed E-state index contributed by atoms with van der Waals surface area (Å²) in [5.41, 5.74) is 1.13. The minimum absolute atomic E-state index is 0.0176. The van der Waals surface area contributed by atoms with Crippen LogP contribution in [0.15, 0.2) is 71.6 Å². The van der Waals surface area contributed by atoms with Crippen LogP contribution < -0.4 is 10.0 Å². The lowest BCUT2D eigenvalue weighted by Gasteiger charge is -2.13. The van der Waals surface area contributed by atoms with Crippen LogP contribution in [0.5, 0.6) is 0 Å². The van der Waals surface area contributed by atoms with E-state index >= 15 is 0 Å². The minimum atomic E-state index is -3.95. The summed E-state index contributed by atoms with van der Waals surface area (Å²) in [6.07, 6.45) is -0.228. The molecule has 31 heavy (non-hydrogen) atoms. The number of aryl methyl sites for hydroxylation is 1. The maximum atomic E-state index is 12.8. The maximum Gasteiger partial charge on any atom is 0.273 e. The molecule has 0 aromatic heterocycles. The van der Waals surface area contributed by atoms with Crippen molar-refractivity contribution in [3.8, 4) is 0 Å². The first-order chi connectivity index (χ1) is 14.7. The van der Waals surface area contributed by atoms with Crippen LogP contribution >= 0.6 is 11.6 Å². The van der Waals surface area contributed by atoms with E-state index in [9.17, 15) is 23.3 Å². The molecule has 3 rings (SSSR count). The van der Waals surface area contributed by atoms with E-state index < -0.39 is 20.9 Å². The summed E-state index contributed by atoms with van der Waals surface area (Å²) >= 11 is 5.91. The van der Waals surface area contributed by atoms with E-state index in [2.05, 4.69) is 10.0 Å². The molecule has 0 aliphatic carbocycles. The Kier molecular flexibility index (Phi) is 6.57. The lowest BCUT2D eigenvalue weighted by Crippen LogP contribution is -2.17. The average Bonchev–Trinajstić information content (AvgIpc) is 2.69. The number of sulfonamides is 1. The predicted molar refractivity (Wildman–Crippen MR) is 119 cm³/mol. The number of rotatable bonds is 7. The van der Waals surface area contributed by atoms with E-state index in [1.54, 1.807) is 43.3 Å². The van der Waals surface area contributed by atoms with Crippen LogP contribution in [0, 0.1) is 17.0 Å². The van der Waals surface area contributed by atoms with Gasteiger partial charge in [-0.1, -0.05) is 41.9 Å². The Bertz CT molecular complexity index is 1260. The fourth-order valence-electron chi connectivity index (χ4n) is 2.95. The highest BCUT2D eigenvalue weighted by atomic mass is 35.5. The van der Waals surface area contributed by atoms with Crippen molar-refractivity contribution in [1.82, 2.24) is 0 Å². The van der Waals surface area contributed by atoms with Crippen LogP contribution in [-0.2, 0) is 21.2 Å². The van der Waals surface area contributed by atoms with Gasteiger partial charge in [0.2, 0.25) is 5.91 Å². The van der Waals surface area contributed by atoms with E-state index in [-0.39, 0.29) is 28.3 Å². The second kappa shape index (κ2) is 9.15. The summed E-state index contributed by atoms with van der Waals surface area (Å²) in [7, 11) is -3.95. The summed E-state index contributed by atoms with van der Waals surface area (Å²) in [4.78, 5) is 23.0. The number of nitrogens with one attached hydrogen (secondary N) is 2. The molecule has 0 bridgehead atoms. The fourth-order valence-corrected chi connectivity index (χ4v) is 4.46. The number of nitro benzene ring substituents is 1. The Morgan fingerprint density at radius 3 is 2.48 bits per heavy atom. The van der Waals surface area contributed by atoms with E-state index in [4.69, 9.17) is 11.6 Å². The Morgan fingerprint density at radius 2 is 1.77 bits per heavy atom. The molecule has 0 radical (unpaired) electrons. The number of benzene rings is 3. The van der Waals surface area contributed by atoms with Crippen LogP contribution in [0.3, 0.4) is 0 Å². The molecule has 0 spiro atoms. The van der Waals surface area contributed by atoms with Gasteiger partial charge in [0.1, 0.15) is 0 Å². The highest BCUT2D eigenvalue weighted by Crippen LogP contribution is 2.25. The molecule has 3 aromatic rings. The summed E-state index contributed by atoms with van der Waals surface area (Å²) in [5.74, 6) is -0.510. The fraction of sp³-hybridized carbons (Fsp3) is 0.0952. The third-order valence-corrected chi connectivity index (χ3v) is 6.14. The Balaban J connectivity index is 1.81. The maximum absolute atomic E-state index is 12.8. The van der Waals surface area contributed by atoms with Gasteiger partial charge < -0.3 is 5.32 Å².